The van der Waals surface area contributed by atoms with Crippen LogP contribution in [0, 0.1) is 0 Å². The van der Waals surface area contributed by atoms with Crippen LogP contribution in [0.3, 0.4) is 0 Å². The number of hydrazone groups is 1. The van der Waals surface area contributed by atoms with Gasteiger partial charge in [0.15, 0.2) is 17.3 Å². The summed E-state index contributed by atoms with van der Waals surface area (Å²) in [5, 5.41) is 4.88. The number of ether oxygens (including phenoxy) is 2. The molecule has 0 aliphatic carbocycles. The lowest BCUT2D eigenvalue weighted by molar-refractivity contribution is 0.0929. The summed E-state index contributed by atoms with van der Waals surface area (Å²) in [4.78, 5) is 12.3. The molecule has 6 nitrogen and oxygen atoms in total. The number of carbonyl (C=O) groups excluding carboxylic acids is 1. The molecule has 1 heterocycles. The Morgan fingerprint density at radius 1 is 1.31 bits per heavy atom. The van der Waals surface area contributed by atoms with E-state index < -0.39 is 5.91 Å². The fraction of sp³-hybridized carbons (Fsp3) is 0.182. The number of halogens is 1. The van der Waals surface area contributed by atoms with Crippen LogP contribution in [0.5, 0.6) is 11.5 Å². The summed E-state index contributed by atoms with van der Waals surface area (Å²) in [6, 6.07) is 10.9. The lowest BCUT2D eigenvalue weighted by atomic mass is 10.1. The maximum Gasteiger partial charge on any atom is 0.307 e. The molecule has 0 saturated carbocycles. The minimum absolute atomic E-state index is 0.187. The monoisotopic (exact) mass is 456 g/mol. The SMILES string of the molecule is C=CCc1cc(/C=N/NC(=O)c2cc3cc(Br)ccc3o2)cc(OCC)c1OC. The topological polar surface area (TPSA) is 73.1 Å². The van der Waals surface area contributed by atoms with E-state index in [1.807, 2.05) is 31.2 Å². The zero-order chi connectivity index (χ0) is 20.8. The Balaban J connectivity index is 1.79. The standard InChI is InChI=1S/C22H21BrN2O4/c1-4-6-15-9-14(10-19(28-5-2)21(15)27-3)13-24-25-22(26)20-12-16-11-17(23)7-8-18(16)29-20/h4,7-13H,1,5-6H2,2-3H3,(H,25,26)/b24-13+. The summed E-state index contributed by atoms with van der Waals surface area (Å²) in [5.74, 6) is 1.04. The second kappa shape index (κ2) is 9.43. The normalized spacial score (nSPS) is 11.0. The number of fused-ring (bicyclic) bond motifs is 1. The number of nitrogens with zero attached hydrogens (tertiary/aromatic N) is 1. The summed E-state index contributed by atoms with van der Waals surface area (Å²) in [6.45, 7) is 6.18. The molecule has 0 fully saturated rings. The van der Waals surface area contributed by atoms with E-state index in [2.05, 4.69) is 33.0 Å². The Labute approximate surface area is 177 Å². The van der Waals surface area contributed by atoms with Crippen LogP contribution in [0.4, 0.5) is 0 Å². The van der Waals surface area contributed by atoms with Gasteiger partial charge in [-0.05, 0) is 55.3 Å². The second-order valence-electron chi connectivity index (χ2n) is 6.13. The molecule has 0 aliphatic rings. The first-order valence-electron chi connectivity index (χ1n) is 9.02. The summed E-state index contributed by atoms with van der Waals surface area (Å²) in [7, 11) is 1.60. The average Bonchev–Trinajstić information content (AvgIpc) is 3.12. The van der Waals surface area contributed by atoms with Gasteiger partial charge in [-0.15, -0.1) is 6.58 Å². The zero-order valence-electron chi connectivity index (χ0n) is 16.2. The van der Waals surface area contributed by atoms with Crippen LogP contribution in [-0.2, 0) is 6.42 Å². The third-order valence-corrected chi connectivity index (χ3v) is 4.60. The molecular formula is C22H21BrN2O4. The molecule has 2 aromatic carbocycles. The van der Waals surface area contributed by atoms with Gasteiger partial charge in [-0.1, -0.05) is 22.0 Å². The van der Waals surface area contributed by atoms with Crippen LogP contribution in [0.2, 0.25) is 0 Å². The third-order valence-electron chi connectivity index (χ3n) is 4.10. The largest absolute Gasteiger partial charge is 0.493 e. The molecule has 3 aromatic rings. The Morgan fingerprint density at radius 2 is 2.14 bits per heavy atom. The molecule has 0 unspecified atom stereocenters. The van der Waals surface area contributed by atoms with E-state index in [0.29, 0.717) is 30.1 Å². The number of allylic oxidation sites excluding steroid dienone is 1. The fourth-order valence-corrected chi connectivity index (χ4v) is 3.29. The molecule has 1 N–H and O–H groups in total. The number of hydrogen-bond acceptors (Lipinski definition) is 5. The summed E-state index contributed by atoms with van der Waals surface area (Å²) in [6.07, 6.45) is 3.95. The smallest absolute Gasteiger partial charge is 0.307 e. The average molecular weight is 457 g/mol. The maximum absolute atomic E-state index is 12.3. The fourth-order valence-electron chi connectivity index (χ4n) is 2.91. The number of furan rings is 1. The molecule has 1 aromatic heterocycles. The Kier molecular flexibility index (Phi) is 6.72. The first-order valence-corrected chi connectivity index (χ1v) is 9.82. The van der Waals surface area contributed by atoms with Gasteiger partial charge < -0.3 is 13.9 Å². The number of hydrogen-bond donors (Lipinski definition) is 1. The Morgan fingerprint density at radius 3 is 2.86 bits per heavy atom. The lowest BCUT2D eigenvalue weighted by Gasteiger charge is -2.14. The van der Waals surface area contributed by atoms with Crippen molar-refractivity contribution in [1.82, 2.24) is 5.43 Å². The highest BCUT2D eigenvalue weighted by Crippen LogP contribution is 2.33. The van der Waals surface area contributed by atoms with Crippen molar-refractivity contribution in [2.24, 2.45) is 5.10 Å². The second-order valence-corrected chi connectivity index (χ2v) is 7.04. The van der Waals surface area contributed by atoms with Crippen molar-refractivity contribution in [3.05, 3.63) is 70.4 Å². The number of carbonyl (C=O) groups is 1. The van der Waals surface area contributed by atoms with E-state index in [0.717, 1.165) is 21.0 Å². The molecule has 150 valence electrons. The van der Waals surface area contributed by atoms with Crippen molar-refractivity contribution in [2.45, 2.75) is 13.3 Å². The Hall–Kier alpha value is -3.06. The molecule has 0 bridgehead atoms. The van der Waals surface area contributed by atoms with E-state index >= 15 is 0 Å². The van der Waals surface area contributed by atoms with Crippen molar-refractivity contribution in [3.8, 4) is 11.5 Å². The van der Waals surface area contributed by atoms with Crippen LogP contribution in [-0.4, -0.2) is 25.8 Å². The zero-order valence-corrected chi connectivity index (χ0v) is 17.8. The van der Waals surface area contributed by atoms with Gasteiger partial charge in [-0.3, -0.25) is 4.79 Å². The minimum Gasteiger partial charge on any atom is -0.493 e. The lowest BCUT2D eigenvalue weighted by Crippen LogP contribution is -2.16. The van der Waals surface area contributed by atoms with E-state index in [1.54, 1.807) is 31.5 Å². The number of amides is 1. The first-order chi connectivity index (χ1) is 14.0. The van der Waals surface area contributed by atoms with Crippen LogP contribution in [0.25, 0.3) is 11.0 Å². The molecule has 7 heteroatoms. The highest BCUT2D eigenvalue weighted by molar-refractivity contribution is 9.10. The highest BCUT2D eigenvalue weighted by atomic mass is 79.9. The third kappa shape index (κ3) is 4.86. The molecule has 3 rings (SSSR count). The number of benzene rings is 2. The van der Waals surface area contributed by atoms with E-state index in [9.17, 15) is 4.79 Å². The minimum atomic E-state index is -0.432. The van der Waals surface area contributed by atoms with Gasteiger partial charge in [0.2, 0.25) is 0 Å². The Bertz CT molecular complexity index is 1070. The van der Waals surface area contributed by atoms with Gasteiger partial charge in [-0.2, -0.15) is 5.10 Å². The molecule has 1 amide bonds. The first kappa shape index (κ1) is 20.7. The number of methoxy groups -OCH3 is 1. The summed E-state index contributed by atoms with van der Waals surface area (Å²) in [5.41, 5.74) is 4.80. The van der Waals surface area contributed by atoms with Crippen molar-refractivity contribution >= 4 is 39.0 Å². The molecule has 0 spiro atoms. The van der Waals surface area contributed by atoms with Crippen LogP contribution in [0.1, 0.15) is 28.6 Å². The molecule has 0 atom stereocenters. The summed E-state index contributed by atoms with van der Waals surface area (Å²) < 4.78 is 17.6. The van der Waals surface area contributed by atoms with Crippen molar-refractivity contribution in [3.63, 3.8) is 0 Å². The van der Waals surface area contributed by atoms with Gasteiger partial charge in [0.25, 0.3) is 0 Å². The van der Waals surface area contributed by atoms with Crippen molar-refractivity contribution in [1.29, 1.82) is 0 Å². The predicted molar refractivity (Wildman–Crippen MR) is 117 cm³/mol. The van der Waals surface area contributed by atoms with Crippen molar-refractivity contribution < 1.29 is 18.7 Å². The number of nitrogens with one attached hydrogen (secondary N) is 1. The summed E-state index contributed by atoms with van der Waals surface area (Å²) >= 11 is 3.40. The van der Waals surface area contributed by atoms with Gasteiger partial charge in [-0.25, -0.2) is 5.43 Å². The van der Waals surface area contributed by atoms with Crippen LogP contribution < -0.4 is 14.9 Å². The highest BCUT2D eigenvalue weighted by Gasteiger charge is 2.13. The number of rotatable bonds is 8. The van der Waals surface area contributed by atoms with E-state index in [4.69, 9.17) is 13.9 Å². The predicted octanol–water partition coefficient (Wildman–Crippen LogP) is 5.10. The van der Waals surface area contributed by atoms with E-state index in [1.165, 1.54) is 0 Å². The molecule has 0 aliphatic heterocycles. The molecule has 0 saturated heterocycles. The van der Waals surface area contributed by atoms with Crippen LogP contribution >= 0.6 is 15.9 Å². The molecular weight excluding hydrogens is 436 g/mol. The van der Waals surface area contributed by atoms with Gasteiger partial charge >= 0.3 is 5.91 Å². The van der Waals surface area contributed by atoms with Gasteiger partial charge in [0.05, 0.1) is 19.9 Å². The maximum atomic E-state index is 12.3. The molecule has 0 radical (unpaired) electrons. The van der Waals surface area contributed by atoms with Gasteiger partial charge in [0, 0.05) is 15.4 Å². The van der Waals surface area contributed by atoms with Crippen LogP contribution in [0.15, 0.2) is 63.0 Å². The van der Waals surface area contributed by atoms with Gasteiger partial charge in [0.1, 0.15) is 5.58 Å². The van der Waals surface area contributed by atoms with E-state index in [-0.39, 0.29) is 5.76 Å². The molecule has 29 heavy (non-hydrogen) atoms. The quantitative estimate of drug-likeness (QED) is 0.290. The van der Waals surface area contributed by atoms with Crippen molar-refractivity contribution in [2.75, 3.05) is 13.7 Å².